The summed E-state index contributed by atoms with van der Waals surface area (Å²) in [6, 6.07) is 7.62. The molecule has 172 valence electrons. The first kappa shape index (κ1) is 24.6. The molecule has 1 N–H and O–H groups in total. The minimum atomic E-state index is -0.956. The minimum absolute atomic E-state index is 0.143. The largest absolute Gasteiger partial charge is 0.494 e. The van der Waals surface area contributed by atoms with Gasteiger partial charge in [0.25, 0.3) is 5.78 Å². The van der Waals surface area contributed by atoms with Crippen LogP contribution in [0.25, 0.3) is 16.7 Å². The molecule has 0 aliphatic heterocycles. The van der Waals surface area contributed by atoms with Crippen LogP contribution < -0.4 is 4.74 Å². The number of carbonyl (C=O) groups excluding carboxylic acids is 2. The highest BCUT2D eigenvalue weighted by atomic mass is 35.5. The molecule has 9 nitrogen and oxygen atoms in total. The van der Waals surface area contributed by atoms with Crippen LogP contribution in [-0.4, -0.2) is 55.9 Å². The van der Waals surface area contributed by atoms with Crippen LogP contribution in [0.15, 0.2) is 47.9 Å². The van der Waals surface area contributed by atoms with Crippen molar-refractivity contribution < 1.29 is 19.1 Å². The molecule has 0 bridgehead atoms. The molecular weight excluding hydrogens is 489 g/mol. The van der Waals surface area contributed by atoms with Gasteiger partial charge in [-0.3, -0.25) is 4.79 Å². The van der Waals surface area contributed by atoms with Crippen LogP contribution in [-0.2, 0) is 9.53 Å². The van der Waals surface area contributed by atoms with Crippen molar-refractivity contribution >= 4 is 57.6 Å². The zero-order valence-electron chi connectivity index (χ0n) is 17.8. The van der Waals surface area contributed by atoms with E-state index in [1.54, 1.807) is 18.7 Å². The fourth-order valence-electron chi connectivity index (χ4n) is 2.86. The molecule has 12 heteroatoms. The number of aromatic amines is 1. The Labute approximate surface area is 203 Å². The molecule has 4 rings (SSSR count). The summed E-state index contributed by atoms with van der Waals surface area (Å²) in [5.41, 5.74) is 0.644. The number of hydrogen-bond donors (Lipinski definition) is 1. The number of H-pyrrole nitrogens is 1. The lowest BCUT2D eigenvalue weighted by atomic mass is 10.1. The number of Topliss-reactive ketones (excluding diaryl/α,β-unsaturated/α-hetero) is 1. The third-order valence-electron chi connectivity index (χ3n) is 4.35. The highest BCUT2D eigenvalue weighted by molar-refractivity contribution is 8.00. The number of esters is 1. The number of aromatic nitrogens is 5. The number of nitrogens with zero attached hydrogens (tertiary/aromatic N) is 4. The van der Waals surface area contributed by atoms with Gasteiger partial charge < -0.3 is 14.5 Å². The molecule has 33 heavy (non-hydrogen) atoms. The van der Waals surface area contributed by atoms with Crippen molar-refractivity contribution in [3.8, 4) is 11.6 Å². The number of carbonyl (C=O) groups is 2. The summed E-state index contributed by atoms with van der Waals surface area (Å²) in [4.78, 5) is 36.1. The first-order valence-electron chi connectivity index (χ1n) is 9.39. The van der Waals surface area contributed by atoms with Crippen LogP contribution in [0.4, 0.5) is 0 Å². The van der Waals surface area contributed by atoms with E-state index in [2.05, 4.69) is 24.8 Å². The molecule has 0 aliphatic carbocycles. The van der Waals surface area contributed by atoms with Crippen molar-refractivity contribution in [1.82, 2.24) is 24.7 Å². The maximum atomic E-state index is 12.2. The number of ketones is 1. The number of thioether (sulfide) groups is 1. The lowest BCUT2D eigenvalue weighted by Gasteiger charge is -2.07. The number of rotatable bonds is 6. The van der Waals surface area contributed by atoms with Gasteiger partial charge in [-0.25, -0.2) is 19.4 Å². The fraction of sp³-hybridized carbons (Fsp3) is 0.190. The van der Waals surface area contributed by atoms with Crippen LogP contribution in [0, 0.1) is 6.92 Å². The Morgan fingerprint density at radius 3 is 2.48 bits per heavy atom. The molecule has 0 atom stereocenters. The number of methoxy groups -OCH3 is 2. The van der Waals surface area contributed by atoms with Crippen LogP contribution in [0.1, 0.15) is 16.2 Å². The molecule has 3 aromatic heterocycles. The zero-order valence-corrected chi connectivity index (χ0v) is 20.2. The lowest BCUT2D eigenvalue weighted by molar-refractivity contribution is -0.135. The second kappa shape index (κ2) is 11.2. The number of alkyl halides is 1. The van der Waals surface area contributed by atoms with E-state index in [0.717, 1.165) is 17.0 Å². The first-order chi connectivity index (χ1) is 15.9. The summed E-state index contributed by atoms with van der Waals surface area (Å²) in [7, 11) is 2.60. The van der Waals surface area contributed by atoms with Gasteiger partial charge in [0.05, 0.1) is 42.1 Å². The van der Waals surface area contributed by atoms with E-state index in [-0.39, 0.29) is 5.56 Å². The Balaban J connectivity index is 0.000000257. The number of ether oxygens (including phenoxy) is 2. The van der Waals surface area contributed by atoms with E-state index in [0.29, 0.717) is 33.5 Å². The number of fused-ring (bicyclic) bond motifs is 1. The van der Waals surface area contributed by atoms with Crippen molar-refractivity contribution in [2.75, 3.05) is 19.4 Å². The normalized spacial score (nSPS) is 10.5. The standard InChI is InChI=1S/C14H13N5O4.C7H6Cl2S/c1-7-17-6-19(18-7)13-11-10(9(22-2)5-16-13)8(4-15-11)12(20)14(21)23-3;8-5-10-7-3-1-6(9)2-4-7/h4-6,15H,1-3H3;1-4H,5H2. The Morgan fingerprint density at radius 2 is 1.91 bits per heavy atom. The third kappa shape index (κ3) is 5.65. The van der Waals surface area contributed by atoms with Gasteiger partial charge in [0.2, 0.25) is 0 Å². The molecule has 0 amide bonds. The molecule has 0 saturated carbocycles. The monoisotopic (exact) mass is 507 g/mol. The average molecular weight is 508 g/mol. The van der Waals surface area contributed by atoms with Crippen LogP contribution in [0.5, 0.6) is 5.75 Å². The molecule has 0 aliphatic rings. The van der Waals surface area contributed by atoms with E-state index in [1.807, 2.05) is 24.3 Å². The third-order valence-corrected chi connectivity index (χ3v) is 5.64. The molecule has 4 aromatic rings. The summed E-state index contributed by atoms with van der Waals surface area (Å²) < 4.78 is 11.2. The molecule has 0 fully saturated rings. The van der Waals surface area contributed by atoms with E-state index < -0.39 is 11.8 Å². The summed E-state index contributed by atoms with van der Waals surface area (Å²) in [6.45, 7) is 1.75. The Bertz CT molecular complexity index is 1270. The van der Waals surface area contributed by atoms with Crippen molar-refractivity contribution in [3.05, 3.63) is 59.4 Å². The van der Waals surface area contributed by atoms with Gasteiger partial charge in [0.1, 0.15) is 17.9 Å². The molecule has 0 unspecified atom stereocenters. The maximum absolute atomic E-state index is 12.2. The number of aryl methyl sites for hydroxylation is 1. The maximum Gasteiger partial charge on any atom is 0.379 e. The molecule has 1 aromatic carbocycles. The quantitative estimate of drug-likeness (QED) is 0.134. The average Bonchev–Trinajstić information content (AvgIpc) is 3.46. The second-order valence-electron chi connectivity index (χ2n) is 6.37. The zero-order chi connectivity index (χ0) is 24.0. The van der Waals surface area contributed by atoms with Gasteiger partial charge in [0, 0.05) is 16.1 Å². The van der Waals surface area contributed by atoms with Crippen molar-refractivity contribution in [1.29, 1.82) is 0 Å². The lowest BCUT2D eigenvalue weighted by Crippen LogP contribution is -2.15. The number of pyridine rings is 1. The minimum Gasteiger partial charge on any atom is -0.494 e. The summed E-state index contributed by atoms with van der Waals surface area (Å²) >= 11 is 12.8. The van der Waals surface area contributed by atoms with Crippen LogP contribution in [0.2, 0.25) is 5.02 Å². The fourth-order valence-corrected chi connectivity index (χ4v) is 3.81. The summed E-state index contributed by atoms with van der Waals surface area (Å²) in [5, 5.41) is 5.98. The van der Waals surface area contributed by atoms with Gasteiger partial charge in [-0.2, -0.15) is 5.10 Å². The Kier molecular flexibility index (Phi) is 8.32. The SMILES string of the molecule is COC(=O)C(=O)c1c[nH]c2c(-n3cnc(C)n3)ncc(OC)c12.ClCSc1ccc(Cl)cc1. The van der Waals surface area contributed by atoms with Gasteiger partial charge in [-0.05, 0) is 31.2 Å². The Hall–Kier alpha value is -3.08. The Morgan fingerprint density at radius 1 is 1.18 bits per heavy atom. The molecule has 3 heterocycles. The summed E-state index contributed by atoms with van der Waals surface area (Å²) in [6.07, 6.45) is 4.38. The smallest absolute Gasteiger partial charge is 0.379 e. The first-order valence-corrected chi connectivity index (χ1v) is 11.3. The second-order valence-corrected chi connectivity index (χ2v) is 8.44. The van der Waals surface area contributed by atoms with E-state index in [1.165, 1.54) is 30.5 Å². The predicted octanol–water partition coefficient (Wildman–Crippen LogP) is 4.44. The molecular formula is C21H19Cl2N5O4S. The summed E-state index contributed by atoms with van der Waals surface area (Å²) in [5.74, 6) is -0.362. The topological polar surface area (TPSA) is 112 Å². The van der Waals surface area contributed by atoms with E-state index >= 15 is 0 Å². The van der Waals surface area contributed by atoms with Crippen LogP contribution >= 0.6 is 35.0 Å². The molecule has 0 radical (unpaired) electrons. The predicted molar refractivity (Wildman–Crippen MR) is 127 cm³/mol. The number of nitrogens with one attached hydrogen (secondary N) is 1. The molecule has 0 spiro atoms. The molecule has 0 saturated heterocycles. The van der Waals surface area contributed by atoms with Crippen molar-refractivity contribution in [2.24, 2.45) is 0 Å². The van der Waals surface area contributed by atoms with Gasteiger partial charge in [-0.1, -0.05) is 11.6 Å². The number of hydrogen-bond acceptors (Lipinski definition) is 8. The highest BCUT2D eigenvalue weighted by Crippen LogP contribution is 2.31. The van der Waals surface area contributed by atoms with E-state index in [9.17, 15) is 9.59 Å². The van der Waals surface area contributed by atoms with Gasteiger partial charge in [0.15, 0.2) is 5.82 Å². The van der Waals surface area contributed by atoms with Crippen molar-refractivity contribution in [3.63, 3.8) is 0 Å². The number of halogens is 2. The number of benzene rings is 1. The van der Waals surface area contributed by atoms with E-state index in [4.69, 9.17) is 27.9 Å². The van der Waals surface area contributed by atoms with Gasteiger partial charge in [-0.15, -0.1) is 23.4 Å². The van der Waals surface area contributed by atoms with Crippen LogP contribution in [0.3, 0.4) is 0 Å². The van der Waals surface area contributed by atoms with Crippen molar-refractivity contribution in [2.45, 2.75) is 11.8 Å². The highest BCUT2D eigenvalue weighted by Gasteiger charge is 2.25. The van der Waals surface area contributed by atoms with Gasteiger partial charge >= 0.3 is 5.97 Å².